The van der Waals surface area contributed by atoms with Crippen LogP contribution in [0.4, 0.5) is 0 Å². The summed E-state index contributed by atoms with van der Waals surface area (Å²) in [6.07, 6.45) is 53.4. The molecule has 0 aromatic heterocycles. The second-order valence-electron chi connectivity index (χ2n) is 23.3. The number of amides is 1. The van der Waals surface area contributed by atoms with Crippen LogP contribution in [0.25, 0.3) is 0 Å². The summed E-state index contributed by atoms with van der Waals surface area (Å²) < 4.78 is 23.0. The highest BCUT2D eigenvalue weighted by Gasteiger charge is 2.51. The summed E-state index contributed by atoms with van der Waals surface area (Å²) >= 11 is 0. The maximum absolute atomic E-state index is 13.0. The van der Waals surface area contributed by atoms with E-state index in [-0.39, 0.29) is 12.3 Å². The van der Waals surface area contributed by atoms with Crippen LogP contribution in [0.3, 0.4) is 0 Å². The van der Waals surface area contributed by atoms with Gasteiger partial charge < -0.3 is 40.8 Å². The molecule has 452 valence electrons. The van der Waals surface area contributed by atoms with Gasteiger partial charge in [-0.1, -0.05) is 315 Å². The van der Waals surface area contributed by atoms with E-state index in [2.05, 4.69) is 19.2 Å². The van der Waals surface area contributed by atoms with E-state index in [4.69, 9.17) is 9.05 Å². The van der Waals surface area contributed by atoms with Gasteiger partial charge in [0, 0.05) is 6.42 Å². The number of phosphoric acid groups is 1. The molecule has 0 aliphatic heterocycles. The van der Waals surface area contributed by atoms with Crippen LogP contribution in [-0.2, 0) is 18.4 Å². The molecule has 0 spiro atoms. The first kappa shape index (κ1) is 73.1. The van der Waals surface area contributed by atoms with Gasteiger partial charge in [-0.25, -0.2) is 4.57 Å². The molecule has 0 aromatic carbocycles. The zero-order valence-electron chi connectivity index (χ0n) is 49.3. The second kappa shape index (κ2) is 52.2. The lowest BCUT2D eigenvalue weighted by molar-refractivity contribution is -0.220. The number of hydrogen-bond acceptors (Lipinski definition) is 10. The van der Waals surface area contributed by atoms with E-state index in [9.17, 15) is 44.9 Å². The third-order valence-corrected chi connectivity index (χ3v) is 17.1. The monoisotopic (exact) mass is 1100 g/mol. The Balaban J connectivity index is 2.13. The highest BCUT2D eigenvalue weighted by Crippen LogP contribution is 2.47. The van der Waals surface area contributed by atoms with Crippen LogP contribution in [0.1, 0.15) is 328 Å². The van der Waals surface area contributed by atoms with E-state index in [0.717, 1.165) is 44.9 Å². The predicted molar refractivity (Wildman–Crippen MR) is 315 cm³/mol. The Morgan fingerprint density at radius 3 is 1.00 bits per heavy atom. The van der Waals surface area contributed by atoms with Crippen molar-refractivity contribution in [3.8, 4) is 0 Å². The summed E-state index contributed by atoms with van der Waals surface area (Å²) in [6.45, 7) is 3.88. The minimum absolute atomic E-state index is 0.219. The topological polar surface area (TPSA) is 206 Å². The van der Waals surface area contributed by atoms with E-state index >= 15 is 0 Å². The van der Waals surface area contributed by atoms with Gasteiger partial charge in [0.05, 0.1) is 18.8 Å². The number of carbonyl (C=O) groups excluding carboxylic acids is 1. The number of aliphatic hydroxyl groups is 6. The van der Waals surface area contributed by atoms with Crippen molar-refractivity contribution in [3.63, 3.8) is 0 Å². The number of aliphatic hydroxyl groups excluding tert-OH is 6. The van der Waals surface area contributed by atoms with Gasteiger partial charge in [0.15, 0.2) is 0 Å². The minimum atomic E-state index is -5.08. The van der Waals surface area contributed by atoms with Gasteiger partial charge in [-0.05, 0) is 19.3 Å². The normalized spacial score (nSPS) is 20.6. The van der Waals surface area contributed by atoms with Crippen LogP contribution >= 0.6 is 7.82 Å². The van der Waals surface area contributed by atoms with Crippen molar-refractivity contribution in [1.29, 1.82) is 0 Å². The summed E-state index contributed by atoms with van der Waals surface area (Å²) in [6, 6.07) is -1.11. The molecule has 1 rings (SSSR count). The number of unbranched alkanes of at least 4 members (excludes halogenated alkanes) is 46. The molecule has 76 heavy (non-hydrogen) atoms. The SMILES string of the molecule is CCCCCCCCCCCCC/C=C/[C@@H](O)[C@H](COP(=O)(O)OC1C(O)C(O)C(O)[C@@H](O)C1O)NC(=O)CCCCCCCCCCCCCCCCCCCCCCCCCCCCCCCCCCCCCC. The highest BCUT2D eigenvalue weighted by molar-refractivity contribution is 7.47. The molecule has 0 heterocycles. The lowest BCUT2D eigenvalue weighted by atomic mass is 9.85. The van der Waals surface area contributed by atoms with Crippen molar-refractivity contribution in [3.05, 3.63) is 12.2 Å². The number of phosphoric ester groups is 1. The van der Waals surface area contributed by atoms with Crippen LogP contribution in [0.15, 0.2) is 12.2 Å². The average Bonchev–Trinajstić information content (AvgIpc) is 3.41. The molecule has 9 atom stereocenters. The van der Waals surface area contributed by atoms with Crippen LogP contribution in [0.2, 0.25) is 0 Å². The molecule has 0 saturated heterocycles. The zero-order chi connectivity index (χ0) is 55.6. The Bertz CT molecular complexity index is 1330. The Hall–Kier alpha value is -0.920. The van der Waals surface area contributed by atoms with E-state index in [1.54, 1.807) is 6.08 Å². The van der Waals surface area contributed by atoms with Gasteiger partial charge in [0.2, 0.25) is 5.91 Å². The number of rotatable bonds is 57. The maximum Gasteiger partial charge on any atom is 0.472 e. The summed E-state index contributed by atoms with van der Waals surface area (Å²) in [5.74, 6) is -0.334. The Morgan fingerprint density at radius 1 is 0.434 bits per heavy atom. The van der Waals surface area contributed by atoms with Gasteiger partial charge in [0.1, 0.15) is 36.6 Å². The summed E-state index contributed by atoms with van der Waals surface area (Å²) in [5.41, 5.74) is 0. The third kappa shape index (κ3) is 42.0. The Labute approximate surface area is 467 Å². The first-order chi connectivity index (χ1) is 36.9. The smallest absolute Gasteiger partial charge is 0.387 e. The molecule has 1 fully saturated rings. The molecular formula is C63H124NO11P. The Kier molecular flexibility index (Phi) is 50.2. The van der Waals surface area contributed by atoms with Gasteiger partial charge in [-0.15, -0.1) is 0 Å². The van der Waals surface area contributed by atoms with Crippen LogP contribution < -0.4 is 5.32 Å². The molecule has 8 N–H and O–H groups in total. The largest absolute Gasteiger partial charge is 0.472 e. The van der Waals surface area contributed by atoms with Gasteiger partial charge in [0.25, 0.3) is 0 Å². The van der Waals surface area contributed by atoms with Crippen LogP contribution in [-0.4, -0.2) is 96.8 Å². The lowest BCUT2D eigenvalue weighted by Crippen LogP contribution is -2.64. The van der Waals surface area contributed by atoms with Crippen molar-refractivity contribution >= 4 is 13.7 Å². The minimum Gasteiger partial charge on any atom is -0.387 e. The maximum atomic E-state index is 13.0. The van der Waals surface area contributed by atoms with Crippen LogP contribution in [0, 0.1) is 0 Å². The quantitative estimate of drug-likeness (QED) is 0.0163. The first-order valence-corrected chi connectivity index (χ1v) is 34.1. The number of carbonyl (C=O) groups is 1. The molecule has 1 aliphatic rings. The molecule has 0 bridgehead atoms. The second-order valence-corrected chi connectivity index (χ2v) is 24.7. The van der Waals surface area contributed by atoms with Crippen molar-refractivity contribution < 1.29 is 53.9 Å². The standard InChI is InChI=1S/C63H124NO11P/c1-3-5-7-9-11-13-15-17-18-19-20-21-22-23-24-25-26-27-28-29-30-31-32-33-34-35-36-37-38-39-41-43-45-47-49-51-53-57(66)64-55(56(65)52-50-48-46-44-42-40-16-14-12-10-8-6-4-2)54-74-76(72,73)75-63-61(70)59(68)58(67)60(69)62(63)71/h50,52,55-56,58-63,65,67-71H,3-49,51,53-54H2,1-2H3,(H,64,66)(H,72,73)/b52-50+/t55-,56+,58?,59+,60?,61?,62?,63?/m0/s1. The summed E-state index contributed by atoms with van der Waals surface area (Å²) in [7, 11) is -5.08. The molecule has 0 aromatic rings. The third-order valence-electron chi connectivity index (χ3n) is 16.1. The van der Waals surface area contributed by atoms with E-state index in [0.29, 0.717) is 6.42 Å². The van der Waals surface area contributed by atoms with Crippen LogP contribution in [0.5, 0.6) is 0 Å². The lowest BCUT2D eigenvalue weighted by Gasteiger charge is -2.41. The fourth-order valence-corrected chi connectivity index (χ4v) is 11.8. The van der Waals surface area contributed by atoms with E-state index in [1.165, 1.54) is 257 Å². The molecule has 13 heteroatoms. The Morgan fingerprint density at radius 2 is 0.697 bits per heavy atom. The fourth-order valence-electron chi connectivity index (χ4n) is 10.9. The molecule has 1 aliphatic carbocycles. The molecule has 0 radical (unpaired) electrons. The molecule has 1 saturated carbocycles. The van der Waals surface area contributed by atoms with Crippen molar-refractivity contribution in [1.82, 2.24) is 5.32 Å². The predicted octanol–water partition coefficient (Wildman–Crippen LogP) is 15.9. The molecule has 12 nitrogen and oxygen atoms in total. The molecule has 1 amide bonds. The fraction of sp³-hybridized carbons (Fsp3) is 0.952. The number of allylic oxidation sites excluding steroid dienone is 1. The molecule has 6 unspecified atom stereocenters. The zero-order valence-corrected chi connectivity index (χ0v) is 50.2. The highest BCUT2D eigenvalue weighted by atomic mass is 31.2. The van der Waals surface area contributed by atoms with E-state index in [1.807, 2.05) is 6.08 Å². The van der Waals surface area contributed by atoms with Gasteiger partial charge >= 0.3 is 7.82 Å². The van der Waals surface area contributed by atoms with Crippen molar-refractivity contribution in [2.45, 2.75) is 377 Å². The van der Waals surface area contributed by atoms with Gasteiger partial charge in [-0.2, -0.15) is 0 Å². The van der Waals surface area contributed by atoms with Crippen molar-refractivity contribution in [2.24, 2.45) is 0 Å². The molecular weight excluding hydrogens is 978 g/mol. The first-order valence-electron chi connectivity index (χ1n) is 32.6. The van der Waals surface area contributed by atoms with Crippen molar-refractivity contribution in [2.75, 3.05) is 6.61 Å². The number of nitrogens with one attached hydrogen (secondary N) is 1. The van der Waals surface area contributed by atoms with E-state index < -0.39 is 63.2 Å². The number of hydrogen-bond donors (Lipinski definition) is 8. The summed E-state index contributed by atoms with van der Waals surface area (Å²) in [5, 5.41) is 64.3. The average molecular weight is 1100 g/mol. The van der Waals surface area contributed by atoms with Gasteiger partial charge in [-0.3, -0.25) is 13.8 Å². The summed E-state index contributed by atoms with van der Waals surface area (Å²) in [4.78, 5) is 23.5.